The molecule has 0 fully saturated rings. The largest absolute Gasteiger partial charge is 0.471 e. The molecule has 0 aliphatic carbocycles. The molecule has 3 rings (SSSR count). The van der Waals surface area contributed by atoms with E-state index in [1.54, 1.807) is 48.5 Å². The van der Waals surface area contributed by atoms with Gasteiger partial charge in [0.15, 0.2) is 0 Å². The number of nitrogens with two attached hydrogens (primary N) is 1. The maximum absolute atomic E-state index is 13.0. The normalized spacial score (nSPS) is 19.2. The van der Waals surface area contributed by atoms with Gasteiger partial charge in [0.1, 0.15) is 6.61 Å². The van der Waals surface area contributed by atoms with Gasteiger partial charge in [0.05, 0.1) is 12.0 Å². The van der Waals surface area contributed by atoms with E-state index in [-0.39, 0.29) is 26.0 Å². The van der Waals surface area contributed by atoms with Gasteiger partial charge in [-0.15, -0.1) is 0 Å². The van der Waals surface area contributed by atoms with Crippen LogP contribution in [0, 0.1) is 0 Å². The molecule has 5 nitrogen and oxygen atoms in total. The molecular formula is C21H21F3N2O3. The SMILES string of the molecule is NC1(CC(=O)OCc2ccccc2)CN(C(=O)C(F)(F)F)CCc2ccccc21. The summed E-state index contributed by atoms with van der Waals surface area (Å²) in [6.07, 6.45) is -5.14. The molecule has 1 aliphatic heterocycles. The average molecular weight is 406 g/mol. The Morgan fingerprint density at radius 3 is 2.41 bits per heavy atom. The molecule has 1 unspecified atom stereocenters. The van der Waals surface area contributed by atoms with Crippen molar-refractivity contribution in [1.29, 1.82) is 0 Å². The Labute approximate surface area is 166 Å². The number of ether oxygens (including phenoxy) is 1. The second kappa shape index (κ2) is 8.24. The molecule has 1 amide bonds. The van der Waals surface area contributed by atoms with Crippen LogP contribution in [0.5, 0.6) is 0 Å². The van der Waals surface area contributed by atoms with Crippen LogP contribution < -0.4 is 5.73 Å². The molecule has 0 aromatic heterocycles. The summed E-state index contributed by atoms with van der Waals surface area (Å²) in [6.45, 7) is -0.529. The first-order valence-electron chi connectivity index (χ1n) is 9.12. The molecule has 0 saturated heterocycles. The molecule has 8 heteroatoms. The molecule has 1 aliphatic rings. The summed E-state index contributed by atoms with van der Waals surface area (Å²) < 4.78 is 44.3. The zero-order valence-electron chi connectivity index (χ0n) is 15.6. The van der Waals surface area contributed by atoms with E-state index in [9.17, 15) is 22.8 Å². The first kappa shape index (κ1) is 20.9. The molecule has 29 heavy (non-hydrogen) atoms. The van der Waals surface area contributed by atoms with Crippen molar-refractivity contribution in [3.63, 3.8) is 0 Å². The molecule has 154 valence electrons. The van der Waals surface area contributed by atoms with Crippen LogP contribution in [0.2, 0.25) is 0 Å². The number of halogens is 3. The van der Waals surface area contributed by atoms with Gasteiger partial charge in [-0.3, -0.25) is 9.59 Å². The Morgan fingerprint density at radius 2 is 1.72 bits per heavy atom. The second-order valence-corrected chi connectivity index (χ2v) is 7.11. The lowest BCUT2D eigenvalue weighted by atomic mass is 9.84. The summed E-state index contributed by atoms with van der Waals surface area (Å²) in [5.41, 5.74) is 7.01. The fraction of sp³-hybridized carbons (Fsp3) is 0.333. The van der Waals surface area contributed by atoms with Crippen LogP contribution in [0.25, 0.3) is 0 Å². The Hall–Kier alpha value is -2.87. The van der Waals surface area contributed by atoms with Crippen molar-refractivity contribution in [2.45, 2.75) is 31.2 Å². The number of carbonyl (C=O) groups excluding carboxylic acids is 2. The van der Waals surface area contributed by atoms with Crippen LogP contribution in [0.4, 0.5) is 13.2 Å². The highest BCUT2D eigenvalue weighted by Crippen LogP contribution is 2.32. The molecular weight excluding hydrogens is 385 g/mol. The average Bonchev–Trinajstić information content (AvgIpc) is 2.83. The predicted molar refractivity (Wildman–Crippen MR) is 99.5 cm³/mol. The summed E-state index contributed by atoms with van der Waals surface area (Å²) in [7, 11) is 0. The number of amides is 1. The summed E-state index contributed by atoms with van der Waals surface area (Å²) in [6, 6.07) is 15.9. The van der Waals surface area contributed by atoms with Crippen LogP contribution in [0.3, 0.4) is 0 Å². The third-order valence-corrected chi connectivity index (χ3v) is 4.91. The molecule has 0 bridgehead atoms. The van der Waals surface area contributed by atoms with Crippen molar-refractivity contribution in [2.24, 2.45) is 5.73 Å². The monoisotopic (exact) mass is 406 g/mol. The molecule has 0 radical (unpaired) electrons. The number of rotatable bonds is 4. The lowest BCUT2D eigenvalue weighted by Crippen LogP contribution is -2.52. The van der Waals surface area contributed by atoms with Gasteiger partial charge in [-0.2, -0.15) is 13.2 Å². The molecule has 1 atom stereocenters. The molecule has 0 saturated carbocycles. The molecule has 2 aromatic rings. The molecule has 1 heterocycles. The standard InChI is InChI=1S/C21H21F3N2O3/c22-21(23,24)19(28)26-11-10-16-8-4-5-9-17(16)20(25,14-26)12-18(27)29-13-15-6-2-1-3-7-15/h1-9H,10-14,25H2. The van der Waals surface area contributed by atoms with E-state index in [1.165, 1.54) is 0 Å². The number of nitrogens with zero attached hydrogens (tertiary/aromatic N) is 1. The molecule has 0 spiro atoms. The predicted octanol–water partition coefficient (Wildman–Crippen LogP) is 2.92. The number of esters is 1. The van der Waals surface area contributed by atoms with Gasteiger partial charge in [0, 0.05) is 13.1 Å². The van der Waals surface area contributed by atoms with Crippen LogP contribution in [0.15, 0.2) is 54.6 Å². The third kappa shape index (κ3) is 4.95. The number of benzene rings is 2. The Kier molecular flexibility index (Phi) is 5.93. The maximum atomic E-state index is 13.0. The zero-order chi connectivity index (χ0) is 21.1. The van der Waals surface area contributed by atoms with Gasteiger partial charge in [0.25, 0.3) is 0 Å². The number of carbonyl (C=O) groups is 2. The minimum absolute atomic E-state index is 0.0304. The summed E-state index contributed by atoms with van der Waals surface area (Å²) in [5, 5.41) is 0. The highest BCUT2D eigenvalue weighted by atomic mass is 19.4. The number of hydrogen-bond donors (Lipinski definition) is 1. The van der Waals surface area contributed by atoms with Gasteiger partial charge in [0.2, 0.25) is 0 Å². The van der Waals surface area contributed by atoms with E-state index >= 15 is 0 Å². The highest BCUT2D eigenvalue weighted by Gasteiger charge is 2.46. The lowest BCUT2D eigenvalue weighted by molar-refractivity contribution is -0.186. The van der Waals surface area contributed by atoms with E-state index in [4.69, 9.17) is 10.5 Å². The minimum Gasteiger partial charge on any atom is -0.461 e. The quantitative estimate of drug-likeness (QED) is 0.793. The zero-order valence-corrected chi connectivity index (χ0v) is 15.6. The van der Waals surface area contributed by atoms with Gasteiger partial charge >= 0.3 is 18.1 Å². The van der Waals surface area contributed by atoms with Crippen LogP contribution in [-0.4, -0.2) is 36.0 Å². The van der Waals surface area contributed by atoms with Crippen LogP contribution in [-0.2, 0) is 32.9 Å². The molecule has 2 N–H and O–H groups in total. The van der Waals surface area contributed by atoms with Crippen LogP contribution in [0.1, 0.15) is 23.1 Å². The number of fused-ring (bicyclic) bond motifs is 1. The fourth-order valence-corrected chi connectivity index (χ4v) is 3.53. The van der Waals surface area contributed by atoms with Crippen molar-refractivity contribution in [1.82, 2.24) is 4.90 Å². The first-order valence-corrected chi connectivity index (χ1v) is 9.12. The Bertz CT molecular complexity index is 886. The van der Waals surface area contributed by atoms with E-state index in [0.29, 0.717) is 16.0 Å². The Morgan fingerprint density at radius 1 is 1.07 bits per heavy atom. The fourth-order valence-electron chi connectivity index (χ4n) is 3.53. The van der Waals surface area contributed by atoms with Crippen molar-refractivity contribution in [3.05, 3.63) is 71.3 Å². The maximum Gasteiger partial charge on any atom is 0.471 e. The summed E-state index contributed by atoms with van der Waals surface area (Å²) in [4.78, 5) is 25.0. The van der Waals surface area contributed by atoms with E-state index in [0.717, 1.165) is 5.56 Å². The van der Waals surface area contributed by atoms with Gasteiger partial charge in [-0.25, -0.2) is 0 Å². The first-order chi connectivity index (χ1) is 13.7. The van der Waals surface area contributed by atoms with Crippen molar-refractivity contribution < 1.29 is 27.5 Å². The smallest absolute Gasteiger partial charge is 0.461 e. The molecule has 2 aromatic carbocycles. The van der Waals surface area contributed by atoms with Gasteiger partial charge in [-0.05, 0) is 23.1 Å². The van der Waals surface area contributed by atoms with E-state index in [1.807, 2.05) is 6.07 Å². The number of alkyl halides is 3. The van der Waals surface area contributed by atoms with Crippen molar-refractivity contribution >= 4 is 11.9 Å². The van der Waals surface area contributed by atoms with Crippen molar-refractivity contribution in [2.75, 3.05) is 13.1 Å². The highest BCUT2D eigenvalue weighted by molar-refractivity contribution is 5.82. The minimum atomic E-state index is -5.01. The van der Waals surface area contributed by atoms with E-state index < -0.39 is 30.1 Å². The Balaban J connectivity index is 1.81. The van der Waals surface area contributed by atoms with Gasteiger partial charge in [-0.1, -0.05) is 54.6 Å². The van der Waals surface area contributed by atoms with Crippen molar-refractivity contribution in [3.8, 4) is 0 Å². The summed E-state index contributed by atoms with van der Waals surface area (Å²) >= 11 is 0. The summed E-state index contributed by atoms with van der Waals surface area (Å²) in [5.74, 6) is -2.61. The van der Waals surface area contributed by atoms with Gasteiger partial charge < -0.3 is 15.4 Å². The third-order valence-electron chi connectivity index (χ3n) is 4.91. The van der Waals surface area contributed by atoms with Crippen LogP contribution >= 0.6 is 0 Å². The lowest BCUT2D eigenvalue weighted by Gasteiger charge is -2.33. The second-order valence-electron chi connectivity index (χ2n) is 7.11. The topological polar surface area (TPSA) is 72.6 Å². The number of hydrogen-bond acceptors (Lipinski definition) is 4. The van der Waals surface area contributed by atoms with E-state index in [2.05, 4.69) is 0 Å².